The highest BCUT2D eigenvalue weighted by Crippen LogP contribution is 2.37. The zero-order chi connectivity index (χ0) is 60.3. The summed E-state index contributed by atoms with van der Waals surface area (Å²) in [6, 6.07) is 78.0. The number of para-hydroxylation sites is 4. The molecule has 2 heterocycles. The standard InChI is InChI=1S/C41H39N3O4.C33H23N3O4/c1-2-3-4-5-6-13-28-46-36-26-27-37(38(45)29-36)41-43-39(30-18-22-34(23-19-30)47-32-14-9-7-10-15-32)42-40(44-41)31-20-24-35(25-21-31)48-33-16-11-8-12-17-33;37-24-15-20-29(30(38)21-24)33-35-31(22-11-16-27(17-12-22)39-25-7-3-1-4-8-25)34-32(36-33)23-13-18-28(19-14-23)40-26-9-5-2-6-10-26/h7-12,14-27,29,45H,2-6,13,28H2,1H3;1-21,37-38H. The van der Waals surface area contributed by atoms with Crippen molar-refractivity contribution in [2.45, 2.75) is 45.4 Å². The van der Waals surface area contributed by atoms with E-state index in [1.165, 1.54) is 37.8 Å². The third kappa shape index (κ3) is 15.9. The highest BCUT2D eigenvalue weighted by molar-refractivity contribution is 5.73. The second-order valence-electron chi connectivity index (χ2n) is 20.4. The van der Waals surface area contributed by atoms with Gasteiger partial charge in [-0.2, -0.15) is 0 Å². The molecule has 0 aliphatic rings. The van der Waals surface area contributed by atoms with Gasteiger partial charge in [0.05, 0.1) is 17.7 Å². The molecule has 12 rings (SSSR count). The first-order valence-electron chi connectivity index (χ1n) is 29.1. The number of ether oxygens (including phenoxy) is 5. The van der Waals surface area contributed by atoms with Crippen LogP contribution in [0.3, 0.4) is 0 Å². The molecular weight excluding hydrogens is 1100 g/mol. The first kappa shape index (κ1) is 58.4. The quantitative estimate of drug-likeness (QED) is 0.0545. The summed E-state index contributed by atoms with van der Waals surface area (Å²) >= 11 is 0. The third-order valence-corrected chi connectivity index (χ3v) is 13.8. The minimum Gasteiger partial charge on any atom is -0.508 e. The SMILES string of the molecule is CCCCCCCCOc1ccc(-c2nc(-c3ccc(Oc4ccccc4)cc3)nc(-c3ccc(Oc4ccccc4)cc3)n2)c(O)c1.Oc1ccc(-c2nc(-c3ccc(Oc4ccccc4)cc3)nc(-c3ccc(Oc4ccccc4)cc3)n2)c(O)c1. The summed E-state index contributed by atoms with van der Waals surface area (Å²) in [5, 5.41) is 31.4. The number of rotatable bonds is 22. The Morgan fingerprint density at radius 3 is 0.886 bits per heavy atom. The van der Waals surface area contributed by atoms with E-state index in [9.17, 15) is 15.3 Å². The number of unbranched alkanes of at least 4 members (excludes halogenated alkanes) is 5. The smallest absolute Gasteiger partial charge is 0.167 e. The van der Waals surface area contributed by atoms with Crippen LogP contribution in [0.2, 0.25) is 0 Å². The van der Waals surface area contributed by atoms with E-state index in [1.54, 1.807) is 18.2 Å². The molecule has 0 bridgehead atoms. The first-order chi connectivity index (χ1) is 43.2. The molecule has 10 aromatic carbocycles. The van der Waals surface area contributed by atoms with Crippen LogP contribution in [0.1, 0.15) is 45.4 Å². The molecular formula is C74H62N6O8. The molecule has 0 saturated carbocycles. The van der Waals surface area contributed by atoms with E-state index in [1.807, 2.05) is 224 Å². The lowest BCUT2D eigenvalue weighted by atomic mass is 10.1. The molecule has 0 spiro atoms. The fourth-order valence-electron chi connectivity index (χ4n) is 9.27. The van der Waals surface area contributed by atoms with Gasteiger partial charge in [0.25, 0.3) is 0 Å². The summed E-state index contributed by atoms with van der Waals surface area (Å²) in [6.07, 6.45) is 7.11. The van der Waals surface area contributed by atoms with Crippen LogP contribution in [0, 0.1) is 0 Å². The lowest BCUT2D eigenvalue weighted by Crippen LogP contribution is -2.01. The Labute approximate surface area is 510 Å². The molecule has 2 aromatic heterocycles. The van der Waals surface area contributed by atoms with Gasteiger partial charge in [0.15, 0.2) is 34.9 Å². The molecule has 436 valence electrons. The van der Waals surface area contributed by atoms with Gasteiger partial charge in [-0.3, -0.25) is 0 Å². The molecule has 88 heavy (non-hydrogen) atoms. The van der Waals surface area contributed by atoms with Crippen LogP contribution >= 0.6 is 0 Å². The summed E-state index contributed by atoms with van der Waals surface area (Å²) < 4.78 is 29.7. The summed E-state index contributed by atoms with van der Waals surface area (Å²) in [5.41, 5.74) is 3.90. The number of aromatic nitrogens is 6. The van der Waals surface area contributed by atoms with Crippen molar-refractivity contribution in [3.63, 3.8) is 0 Å². The average molecular weight is 1160 g/mol. The molecule has 3 N–H and O–H groups in total. The van der Waals surface area contributed by atoms with Crippen LogP contribution in [0.4, 0.5) is 0 Å². The van der Waals surface area contributed by atoms with Gasteiger partial charge in [-0.1, -0.05) is 112 Å². The largest absolute Gasteiger partial charge is 0.508 e. The van der Waals surface area contributed by atoms with Crippen LogP contribution in [-0.4, -0.2) is 51.8 Å². The van der Waals surface area contributed by atoms with Crippen LogP contribution in [0.25, 0.3) is 68.3 Å². The predicted octanol–water partition coefficient (Wildman–Crippen LogP) is 18.8. The van der Waals surface area contributed by atoms with Gasteiger partial charge in [0.1, 0.15) is 69.0 Å². The topological polar surface area (TPSA) is 184 Å². The molecule has 0 radical (unpaired) electrons. The van der Waals surface area contributed by atoms with Crippen molar-refractivity contribution < 1.29 is 39.0 Å². The molecule has 0 aliphatic heterocycles. The molecule has 0 atom stereocenters. The van der Waals surface area contributed by atoms with Crippen molar-refractivity contribution in [1.82, 2.24) is 29.9 Å². The van der Waals surface area contributed by atoms with E-state index in [0.29, 0.717) is 75.6 Å². The number of aromatic hydroxyl groups is 3. The second-order valence-corrected chi connectivity index (χ2v) is 20.4. The van der Waals surface area contributed by atoms with Gasteiger partial charge in [-0.25, -0.2) is 29.9 Å². The van der Waals surface area contributed by atoms with Crippen LogP contribution in [0.5, 0.6) is 69.0 Å². The van der Waals surface area contributed by atoms with Crippen LogP contribution in [0.15, 0.2) is 255 Å². The molecule has 0 aliphatic carbocycles. The Morgan fingerprint density at radius 2 is 0.557 bits per heavy atom. The van der Waals surface area contributed by atoms with E-state index < -0.39 is 0 Å². The first-order valence-corrected chi connectivity index (χ1v) is 29.1. The zero-order valence-corrected chi connectivity index (χ0v) is 48.3. The number of phenolic OH excluding ortho intramolecular Hbond substituents is 3. The highest BCUT2D eigenvalue weighted by atomic mass is 16.5. The molecule has 12 aromatic rings. The van der Waals surface area contributed by atoms with Gasteiger partial charge < -0.3 is 39.0 Å². The monoisotopic (exact) mass is 1160 g/mol. The number of phenols is 3. The van der Waals surface area contributed by atoms with E-state index in [-0.39, 0.29) is 23.1 Å². The Hall–Kier alpha value is -11.4. The minimum absolute atomic E-state index is 0.0387. The van der Waals surface area contributed by atoms with Gasteiger partial charge in [0.2, 0.25) is 0 Å². The summed E-state index contributed by atoms with van der Waals surface area (Å²) in [7, 11) is 0. The molecule has 0 saturated heterocycles. The van der Waals surface area contributed by atoms with Crippen LogP contribution in [-0.2, 0) is 0 Å². The fraction of sp³-hybridized carbons (Fsp3) is 0.108. The second kappa shape index (κ2) is 28.9. The number of nitrogens with zero attached hydrogens (tertiary/aromatic N) is 6. The van der Waals surface area contributed by atoms with Crippen molar-refractivity contribution >= 4 is 0 Å². The maximum absolute atomic E-state index is 11.1. The molecule has 0 unspecified atom stereocenters. The van der Waals surface area contributed by atoms with Gasteiger partial charge in [-0.15, -0.1) is 0 Å². The number of hydrogen-bond acceptors (Lipinski definition) is 14. The molecule has 14 nitrogen and oxygen atoms in total. The van der Waals surface area contributed by atoms with Crippen molar-refractivity contribution in [3.8, 4) is 137 Å². The highest BCUT2D eigenvalue weighted by Gasteiger charge is 2.18. The summed E-state index contributed by atoms with van der Waals surface area (Å²) in [6.45, 7) is 2.83. The molecule has 0 fully saturated rings. The Kier molecular flexibility index (Phi) is 19.2. The minimum atomic E-state index is -0.138. The van der Waals surface area contributed by atoms with Crippen molar-refractivity contribution in [2.75, 3.05) is 6.61 Å². The van der Waals surface area contributed by atoms with Gasteiger partial charge in [-0.05, 0) is 176 Å². The maximum Gasteiger partial charge on any atom is 0.167 e. The predicted molar refractivity (Wildman–Crippen MR) is 342 cm³/mol. The lowest BCUT2D eigenvalue weighted by molar-refractivity contribution is 0.303. The van der Waals surface area contributed by atoms with Crippen molar-refractivity contribution in [1.29, 1.82) is 0 Å². The number of hydrogen-bond donors (Lipinski definition) is 3. The zero-order valence-electron chi connectivity index (χ0n) is 48.3. The Bertz CT molecular complexity index is 3960. The summed E-state index contributed by atoms with van der Waals surface area (Å²) in [5.74, 6) is 8.58. The average Bonchev–Trinajstić information content (AvgIpc) is 2.05. The van der Waals surface area contributed by atoms with Crippen molar-refractivity contribution in [3.05, 3.63) is 255 Å². The Morgan fingerprint density at radius 1 is 0.273 bits per heavy atom. The van der Waals surface area contributed by atoms with E-state index in [0.717, 1.165) is 58.1 Å². The van der Waals surface area contributed by atoms with Gasteiger partial charge >= 0.3 is 0 Å². The van der Waals surface area contributed by atoms with Crippen LogP contribution < -0.4 is 23.7 Å². The van der Waals surface area contributed by atoms with Crippen molar-refractivity contribution in [2.24, 2.45) is 0 Å². The normalized spacial score (nSPS) is 10.8. The third-order valence-electron chi connectivity index (χ3n) is 13.8. The maximum atomic E-state index is 11.1. The lowest BCUT2D eigenvalue weighted by Gasteiger charge is -2.12. The molecule has 14 heteroatoms. The molecule has 0 amide bonds. The summed E-state index contributed by atoms with van der Waals surface area (Å²) in [4.78, 5) is 28.5. The van der Waals surface area contributed by atoms with E-state index >= 15 is 0 Å². The van der Waals surface area contributed by atoms with E-state index in [4.69, 9.17) is 43.6 Å². The van der Waals surface area contributed by atoms with E-state index in [2.05, 4.69) is 16.9 Å². The Balaban J connectivity index is 0.000000185. The van der Waals surface area contributed by atoms with Gasteiger partial charge in [0, 0.05) is 34.4 Å². The fourth-order valence-corrected chi connectivity index (χ4v) is 9.27. The number of benzene rings is 10.